The number of aliphatic hydroxyl groups excluding tert-OH is 1. The number of hydrogen-bond acceptors (Lipinski definition) is 6. The molecular formula is C27H35N3O4. The molecule has 0 saturated carbocycles. The Balaban J connectivity index is 1.95. The molecule has 3 rings (SSSR count). The predicted molar refractivity (Wildman–Crippen MR) is 134 cm³/mol. The normalized spacial score (nSPS) is 12.2. The van der Waals surface area contributed by atoms with Gasteiger partial charge in [-0.25, -0.2) is 4.68 Å². The van der Waals surface area contributed by atoms with Gasteiger partial charge in [0, 0.05) is 37.8 Å². The fourth-order valence-corrected chi connectivity index (χ4v) is 3.70. The van der Waals surface area contributed by atoms with E-state index >= 15 is 0 Å². The van der Waals surface area contributed by atoms with Gasteiger partial charge in [0.05, 0.1) is 32.0 Å². The van der Waals surface area contributed by atoms with Crippen LogP contribution in [0.25, 0.3) is 11.3 Å². The van der Waals surface area contributed by atoms with Crippen LogP contribution < -0.4 is 9.47 Å². The van der Waals surface area contributed by atoms with E-state index in [1.54, 1.807) is 17.9 Å². The van der Waals surface area contributed by atoms with Gasteiger partial charge in [0.25, 0.3) is 0 Å². The van der Waals surface area contributed by atoms with Crippen LogP contribution in [0.1, 0.15) is 19.4 Å². The van der Waals surface area contributed by atoms with Crippen LogP contribution in [-0.2, 0) is 18.3 Å². The molecule has 0 aliphatic rings. The van der Waals surface area contributed by atoms with E-state index in [1.165, 1.54) is 0 Å². The highest BCUT2D eigenvalue weighted by Crippen LogP contribution is 2.35. The van der Waals surface area contributed by atoms with Gasteiger partial charge in [-0.3, -0.25) is 4.90 Å². The number of methoxy groups -OCH3 is 1. The zero-order valence-electron chi connectivity index (χ0n) is 20.5. The third kappa shape index (κ3) is 6.70. The molecule has 2 aromatic carbocycles. The lowest BCUT2D eigenvalue weighted by Crippen LogP contribution is -2.39. The van der Waals surface area contributed by atoms with E-state index in [-0.39, 0.29) is 12.6 Å². The Labute approximate surface area is 202 Å². The third-order valence-electron chi connectivity index (χ3n) is 5.47. The molecule has 0 spiro atoms. The van der Waals surface area contributed by atoms with Crippen LogP contribution in [-0.4, -0.2) is 58.8 Å². The van der Waals surface area contributed by atoms with Crippen LogP contribution in [0.2, 0.25) is 0 Å². The quantitative estimate of drug-likeness (QED) is 0.292. The van der Waals surface area contributed by atoms with Crippen LogP contribution in [0.15, 0.2) is 67.3 Å². The number of aromatic nitrogens is 2. The summed E-state index contributed by atoms with van der Waals surface area (Å²) in [7, 11) is 3.51. The lowest BCUT2D eigenvalue weighted by atomic mass is 10.1. The first kappa shape index (κ1) is 25.5. The SMILES string of the molecule is C=CCOCC(O)CN(Cc1c(-c2ccccc2)nn(C)c1Oc1cccc(OC)c1)C(C)C. The van der Waals surface area contributed by atoms with Gasteiger partial charge in [0.1, 0.15) is 17.2 Å². The summed E-state index contributed by atoms with van der Waals surface area (Å²) in [6.07, 6.45) is 1.05. The molecule has 7 nitrogen and oxygen atoms in total. The Bertz CT molecular complexity index is 1050. The Kier molecular flexibility index (Phi) is 9.27. The summed E-state index contributed by atoms with van der Waals surface area (Å²) >= 11 is 0. The molecule has 0 aliphatic carbocycles. The van der Waals surface area contributed by atoms with Crippen LogP contribution in [0.4, 0.5) is 0 Å². The summed E-state index contributed by atoms with van der Waals surface area (Å²) in [5.74, 6) is 2.03. The van der Waals surface area contributed by atoms with E-state index in [0.717, 1.165) is 22.6 Å². The minimum absolute atomic E-state index is 0.183. The van der Waals surface area contributed by atoms with E-state index < -0.39 is 6.10 Å². The first-order valence-electron chi connectivity index (χ1n) is 11.5. The average Bonchev–Trinajstić information content (AvgIpc) is 3.14. The molecule has 0 amide bonds. The fourth-order valence-electron chi connectivity index (χ4n) is 3.70. The Morgan fingerprint density at radius 3 is 2.53 bits per heavy atom. The number of benzene rings is 2. The lowest BCUT2D eigenvalue weighted by molar-refractivity contribution is 0.0177. The Hall–Kier alpha value is -3.13. The topological polar surface area (TPSA) is 69.0 Å². The van der Waals surface area contributed by atoms with Crippen molar-refractivity contribution in [2.24, 2.45) is 7.05 Å². The first-order valence-corrected chi connectivity index (χ1v) is 11.5. The minimum Gasteiger partial charge on any atom is -0.497 e. The second-order valence-electron chi connectivity index (χ2n) is 8.41. The smallest absolute Gasteiger partial charge is 0.222 e. The van der Waals surface area contributed by atoms with Crippen molar-refractivity contribution in [1.82, 2.24) is 14.7 Å². The Morgan fingerprint density at radius 2 is 1.85 bits per heavy atom. The average molecular weight is 466 g/mol. The predicted octanol–water partition coefficient (Wildman–Crippen LogP) is 4.66. The zero-order valence-corrected chi connectivity index (χ0v) is 20.5. The summed E-state index contributed by atoms with van der Waals surface area (Å²) in [4.78, 5) is 2.20. The van der Waals surface area contributed by atoms with Gasteiger partial charge in [-0.15, -0.1) is 6.58 Å². The molecule has 1 heterocycles. The second-order valence-corrected chi connectivity index (χ2v) is 8.41. The highest BCUT2D eigenvalue weighted by atomic mass is 16.5. The molecule has 0 radical (unpaired) electrons. The van der Waals surface area contributed by atoms with E-state index in [2.05, 4.69) is 25.3 Å². The maximum absolute atomic E-state index is 10.6. The molecule has 0 fully saturated rings. The van der Waals surface area contributed by atoms with Crippen molar-refractivity contribution < 1.29 is 19.3 Å². The maximum atomic E-state index is 10.6. The fraction of sp³-hybridized carbons (Fsp3) is 0.370. The van der Waals surface area contributed by atoms with Crippen molar-refractivity contribution in [2.45, 2.75) is 32.5 Å². The summed E-state index contributed by atoms with van der Waals surface area (Å²) in [6, 6.07) is 17.8. The molecule has 34 heavy (non-hydrogen) atoms. The van der Waals surface area contributed by atoms with E-state index in [4.69, 9.17) is 19.3 Å². The first-order chi connectivity index (χ1) is 16.4. The number of hydrogen-bond donors (Lipinski definition) is 1. The summed E-state index contributed by atoms with van der Waals surface area (Å²) in [5.41, 5.74) is 2.81. The van der Waals surface area contributed by atoms with Gasteiger partial charge in [0.2, 0.25) is 5.88 Å². The van der Waals surface area contributed by atoms with Gasteiger partial charge in [-0.2, -0.15) is 5.10 Å². The molecule has 1 unspecified atom stereocenters. The maximum Gasteiger partial charge on any atom is 0.222 e. The highest BCUT2D eigenvalue weighted by Gasteiger charge is 2.24. The number of nitrogens with zero attached hydrogens (tertiary/aromatic N) is 3. The summed E-state index contributed by atoms with van der Waals surface area (Å²) < 4.78 is 18.9. The second kappa shape index (κ2) is 12.4. The van der Waals surface area contributed by atoms with Crippen molar-refractivity contribution in [3.05, 3.63) is 72.8 Å². The van der Waals surface area contributed by atoms with Crippen molar-refractivity contribution in [3.63, 3.8) is 0 Å². The molecule has 0 bridgehead atoms. The third-order valence-corrected chi connectivity index (χ3v) is 5.47. The summed E-state index contributed by atoms with van der Waals surface area (Å²) in [5, 5.41) is 15.4. The largest absolute Gasteiger partial charge is 0.497 e. The summed E-state index contributed by atoms with van der Waals surface area (Å²) in [6.45, 7) is 9.54. The van der Waals surface area contributed by atoms with Gasteiger partial charge >= 0.3 is 0 Å². The molecule has 1 aromatic heterocycles. The zero-order chi connectivity index (χ0) is 24.5. The van der Waals surface area contributed by atoms with Gasteiger partial charge < -0.3 is 19.3 Å². The van der Waals surface area contributed by atoms with E-state index in [9.17, 15) is 5.11 Å². The molecule has 0 aliphatic heterocycles. The van der Waals surface area contributed by atoms with Gasteiger partial charge in [0.15, 0.2) is 0 Å². The van der Waals surface area contributed by atoms with Crippen LogP contribution >= 0.6 is 0 Å². The van der Waals surface area contributed by atoms with Gasteiger partial charge in [-0.05, 0) is 26.0 Å². The lowest BCUT2D eigenvalue weighted by Gasteiger charge is -2.29. The standard InChI is InChI=1S/C27H35N3O4/c1-6-15-33-19-22(31)17-30(20(2)3)18-25-26(21-11-8-7-9-12-21)28-29(4)27(25)34-24-14-10-13-23(16-24)32-5/h6-14,16,20,22,31H,1,15,17-19H2,2-5H3. The van der Waals surface area contributed by atoms with Crippen LogP contribution in [0.5, 0.6) is 17.4 Å². The van der Waals surface area contributed by atoms with Crippen molar-refractivity contribution >= 4 is 0 Å². The van der Waals surface area contributed by atoms with Gasteiger partial charge in [-0.1, -0.05) is 42.5 Å². The molecule has 3 aromatic rings. The van der Waals surface area contributed by atoms with Crippen molar-refractivity contribution in [3.8, 4) is 28.6 Å². The highest BCUT2D eigenvalue weighted by molar-refractivity contribution is 5.65. The molecule has 7 heteroatoms. The Morgan fingerprint density at radius 1 is 1.12 bits per heavy atom. The van der Waals surface area contributed by atoms with E-state index in [1.807, 2.05) is 61.6 Å². The van der Waals surface area contributed by atoms with Crippen molar-refractivity contribution in [2.75, 3.05) is 26.9 Å². The molecule has 182 valence electrons. The van der Waals surface area contributed by atoms with Crippen LogP contribution in [0.3, 0.4) is 0 Å². The van der Waals surface area contributed by atoms with Crippen molar-refractivity contribution in [1.29, 1.82) is 0 Å². The molecular weight excluding hydrogens is 430 g/mol. The van der Waals surface area contributed by atoms with E-state index in [0.29, 0.717) is 31.3 Å². The van der Waals surface area contributed by atoms with Crippen LogP contribution in [0, 0.1) is 0 Å². The number of aryl methyl sites for hydroxylation is 1. The molecule has 0 saturated heterocycles. The molecule has 1 N–H and O–H groups in total. The number of ether oxygens (including phenoxy) is 3. The molecule has 1 atom stereocenters. The number of aliphatic hydroxyl groups is 1. The minimum atomic E-state index is -0.623. The number of rotatable bonds is 13. The monoisotopic (exact) mass is 465 g/mol.